The van der Waals surface area contributed by atoms with Crippen molar-refractivity contribution in [1.82, 2.24) is 25.1 Å². The van der Waals surface area contributed by atoms with Crippen molar-refractivity contribution in [2.45, 2.75) is 52.5 Å². The molecule has 1 unspecified atom stereocenters. The van der Waals surface area contributed by atoms with Crippen LogP contribution in [0.5, 0.6) is 0 Å². The van der Waals surface area contributed by atoms with E-state index in [2.05, 4.69) is 33.9 Å². The highest BCUT2D eigenvalue weighted by atomic mass is 15.2. The molecule has 5 heteroatoms. The number of hydrogen-bond acceptors (Lipinski definition) is 4. The number of aryl methyl sites for hydroxylation is 2. The Morgan fingerprint density at radius 2 is 2.05 bits per heavy atom. The number of rotatable bonds is 3. The van der Waals surface area contributed by atoms with Crippen LogP contribution in [0.15, 0.2) is 12.4 Å². The summed E-state index contributed by atoms with van der Waals surface area (Å²) in [5.41, 5.74) is 5.12. The topological polar surface area (TPSA) is 57.7 Å². The average Bonchev–Trinajstić information content (AvgIpc) is 2.86. The smallest absolute Gasteiger partial charge is 0.0922 e. The Bertz CT molecular complexity index is 609. The van der Waals surface area contributed by atoms with Gasteiger partial charge in [0.15, 0.2) is 0 Å². The molecular formula is C17H25N5. The maximum absolute atomic E-state index is 4.70. The van der Waals surface area contributed by atoms with Crippen molar-refractivity contribution >= 4 is 0 Å². The molecule has 1 atom stereocenters. The highest BCUT2D eigenvalue weighted by Gasteiger charge is 2.24. The molecule has 118 valence electrons. The lowest BCUT2D eigenvalue weighted by Gasteiger charge is -2.35. The molecule has 1 fully saturated rings. The summed E-state index contributed by atoms with van der Waals surface area (Å²) < 4.78 is 0. The Balaban J connectivity index is 1.80. The van der Waals surface area contributed by atoms with E-state index in [0.29, 0.717) is 12.0 Å². The first kappa shape index (κ1) is 15.2. The molecule has 0 amide bonds. The van der Waals surface area contributed by atoms with Crippen LogP contribution >= 0.6 is 0 Å². The summed E-state index contributed by atoms with van der Waals surface area (Å²) in [5.74, 6) is 0.504. The first-order chi connectivity index (χ1) is 10.6. The van der Waals surface area contributed by atoms with Gasteiger partial charge in [-0.2, -0.15) is 5.10 Å². The molecule has 0 aromatic carbocycles. The average molecular weight is 299 g/mol. The molecule has 5 nitrogen and oxygen atoms in total. The first-order valence-corrected chi connectivity index (χ1v) is 8.14. The molecular weight excluding hydrogens is 274 g/mol. The van der Waals surface area contributed by atoms with Gasteiger partial charge in [0, 0.05) is 36.0 Å². The summed E-state index contributed by atoms with van der Waals surface area (Å²) in [6, 6.07) is 0.603. The van der Waals surface area contributed by atoms with Crippen LogP contribution in [0, 0.1) is 13.8 Å². The molecule has 2 aromatic heterocycles. The second kappa shape index (κ2) is 6.16. The lowest BCUT2D eigenvalue weighted by molar-refractivity contribution is 0.166. The van der Waals surface area contributed by atoms with Gasteiger partial charge in [-0.1, -0.05) is 0 Å². The predicted molar refractivity (Wildman–Crippen MR) is 87.8 cm³/mol. The van der Waals surface area contributed by atoms with E-state index in [1.54, 1.807) is 0 Å². The molecule has 1 N–H and O–H groups in total. The van der Waals surface area contributed by atoms with Gasteiger partial charge in [0.25, 0.3) is 0 Å². The number of hydrogen-bond donors (Lipinski definition) is 1. The molecule has 0 saturated carbocycles. The van der Waals surface area contributed by atoms with Crippen LogP contribution < -0.4 is 0 Å². The number of nitrogens with one attached hydrogen (secondary N) is 1. The van der Waals surface area contributed by atoms with Gasteiger partial charge in [0.05, 0.1) is 23.3 Å². The van der Waals surface area contributed by atoms with E-state index in [-0.39, 0.29) is 0 Å². The van der Waals surface area contributed by atoms with Gasteiger partial charge in [0.1, 0.15) is 0 Å². The summed E-state index contributed by atoms with van der Waals surface area (Å²) in [5, 5.41) is 7.24. The molecule has 1 saturated heterocycles. The van der Waals surface area contributed by atoms with Crippen LogP contribution in [0.4, 0.5) is 0 Å². The van der Waals surface area contributed by atoms with Gasteiger partial charge in [-0.3, -0.25) is 15.1 Å². The van der Waals surface area contributed by atoms with Crippen LogP contribution in [0.3, 0.4) is 0 Å². The molecule has 2 aromatic rings. The standard InChI is InChI=1S/C17H25N5/c1-11(2)22-7-5-6-14(10-22)15-8-19-16(9-18-15)17-12(3)20-21-13(17)4/h8-9,11,14H,5-7,10H2,1-4H3,(H,20,21). The quantitative estimate of drug-likeness (QED) is 0.946. The Morgan fingerprint density at radius 3 is 2.64 bits per heavy atom. The minimum Gasteiger partial charge on any atom is -0.300 e. The van der Waals surface area contributed by atoms with Crippen molar-refractivity contribution in [1.29, 1.82) is 0 Å². The number of likely N-dealkylation sites (tertiary alicyclic amines) is 1. The third-order valence-electron chi connectivity index (χ3n) is 4.66. The highest BCUT2D eigenvalue weighted by Crippen LogP contribution is 2.28. The lowest BCUT2D eigenvalue weighted by Crippen LogP contribution is -2.39. The molecule has 0 radical (unpaired) electrons. The summed E-state index contributed by atoms with van der Waals surface area (Å²) in [4.78, 5) is 11.9. The van der Waals surface area contributed by atoms with Gasteiger partial charge < -0.3 is 4.90 Å². The second-order valence-electron chi connectivity index (χ2n) is 6.56. The SMILES string of the molecule is Cc1n[nH]c(C)c1-c1cnc(C2CCCN(C(C)C)C2)cn1. The van der Waals surface area contributed by atoms with Crippen molar-refractivity contribution in [3.05, 3.63) is 29.5 Å². The summed E-state index contributed by atoms with van der Waals surface area (Å²) in [6.45, 7) is 10.8. The van der Waals surface area contributed by atoms with Crippen LogP contribution in [-0.4, -0.2) is 44.2 Å². The minimum absolute atomic E-state index is 0.504. The molecule has 1 aliphatic rings. The third-order valence-corrected chi connectivity index (χ3v) is 4.66. The molecule has 0 spiro atoms. The normalized spacial score (nSPS) is 19.8. The van der Waals surface area contributed by atoms with E-state index in [4.69, 9.17) is 4.98 Å². The van der Waals surface area contributed by atoms with Crippen molar-refractivity contribution < 1.29 is 0 Å². The van der Waals surface area contributed by atoms with Crippen LogP contribution in [-0.2, 0) is 0 Å². The maximum atomic E-state index is 4.70. The van der Waals surface area contributed by atoms with E-state index in [1.807, 2.05) is 26.2 Å². The molecule has 22 heavy (non-hydrogen) atoms. The Hall–Kier alpha value is -1.75. The molecule has 3 heterocycles. The monoisotopic (exact) mass is 299 g/mol. The fraction of sp³-hybridized carbons (Fsp3) is 0.588. The zero-order valence-electron chi connectivity index (χ0n) is 13.9. The summed E-state index contributed by atoms with van der Waals surface area (Å²) in [6.07, 6.45) is 6.30. The number of aromatic nitrogens is 4. The predicted octanol–water partition coefficient (Wildman–Crippen LogP) is 3.07. The number of piperidine rings is 1. The number of nitrogens with zero attached hydrogens (tertiary/aromatic N) is 4. The highest BCUT2D eigenvalue weighted by molar-refractivity contribution is 5.63. The van der Waals surface area contributed by atoms with Crippen molar-refractivity contribution in [2.24, 2.45) is 0 Å². The molecule has 3 rings (SSSR count). The van der Waals surface area contributed by atoms with Gasteiger partial charge in [-0.05, 0) is 47.1 Å². The summed E-state index contributed by atoms with van der Waals surface area (Å²) >= 11 is 0. The van der Waals surface area contributed by atoms with E-state index >= 15 is 0 Å². The van der Waals surface area contributed by atoms with E-state index < -0.39 is 0 Å². The van der Waals surface area contributed by atoms with E-state index in [0.717, 1.165) is 34.9 Å². The van der Waals surface area contributed by atoms with E-state index in [1.165, 1.54) is 19.4 Å². The van der Waals surface area contributed by atoms with Crippen LogP contribution in [0.2, 0.25) is 0 Å². The zero-order valence-corrected chi connectivity index (χ0v) is 13.9. The Labute approximate surface area is 132 Å². The summed E-state index contributed by atoms with van der Waals surface area (Å²) in [7, 11) is 0. The number of H-pyrrole nitrogens is 1. The van der Waals surface area contributed by atoms with Gasteiger partial charge in [0.2, 0.25) is 0 Å². The van der Waals surface area contributed by atoms with Gasteiger partial charge in [-0.25, -0.2) is 0 Å². The number of aromatic amines is 1. The van der Waals surface area contributed by atoms with Gasteiger partial charge >= 0.3 is 0 Å². The second-order valence-corrected chi connectivity index (χ2v) is 6.56. The van der Waals surface area contributed by atoms with Crippen LogP contribution in [0.25, 0.3) is 11.3 Å². The Morgan fingerprint density at radius 1 is 1.23 bits per heavy atom. The fourth-order valence-corrected chi connectivity index (χ4v) is 3.32. The lowest BCUT2D eigenvalue weighted by atomic mass is 9.94. The first-order valence-electron chi connectivity index (χ1n) is 8.14. The minimum atomic E-state index is 0.504. The largest absolute Gasteiger partial charge is 0.300 e. The Kier molecular flexibility index (Phi) is 4.25. The molecule has 1 aliphatic heterocycles. The molecule has 0 aliphatic carbocycles. The van der Waals surface area contributed by atoms with Crippen LogP contribution in [0.1, 0.15) is 49.7 Å². The third kappa shape index (κ3) is 2.90. The molecule has 0 bridgehead atoms. The van der Waals surface area contributed by atoms with Crippen molar-refractivity contribution in [3.8, 4) is 11.3 Å². The van der Waals surface area contributed by atoms with Crippen molar-refractivity contribution in [3.63, 3.8) is 0 Å². The van der Waals surface area contributed by atoms with Gasteiger partial charge in [-0.15, -0.1) is 0 Å². The zero-order chi connectivity index (χ0) is 15.7. The maximum Gasteiger partial charge on any atom is 0.0922 e. The van der Waals surface area contributed by atoms with E-state index in [9.17, 15) is 0 Å². The van der Waals surface area contributed by atoms with Crippen molar-refractivity contribution in [2.75, 3.05) is 13.1 Å². The fourth-order valence-electron chi connectivity index (χ4n) is 3.32.